The first-order valence-corrected chi connectivity index (χ1v) is 29.2. The van der Waals surface area contributed by atoms with Crippen LogP contribution in [0.3, 0.4) is 0 Å². The molecule has 450 valence electrons. The number of Topliss-reactive ketones (excluding diaryl/α,β-unsaturated/α-hetero) is 2. The summed E-state index contributed by atoms with van der Waals surface area (Å²) < 4.78 is 0. The molecule has 82 heavy (non-hydrogen) atoms. The third-order valence-corrected chi connectivity index (χ3v) is 14.6. The Bertz CT molecular complexity index is 2500. The van der Waals surface area contributed by atoms with E-state index in [-0.39, 0.29) is 90.0 Å². The monoisotopic (exact) mass is 1140 g/mol. The van der Waals surface area contributed by atoms with Crippen LogP contribution in [0.2, 0.25) is 0 Å². The van der Waals surface area contributed by atoms with E-state index in [1.54, 1.807) is 30.3 Å². The van der Waals surface area contributed by atoms with E-state index in [1.807, 2.05) is 68.4 Å². The summed E-state index contributed by atoms with van der Waals surface area (Å²) in [5.41, 5.74) is 27.3. The Morgan fingerprint density at radius 1 is 0.585 bits per heavy atom. The van der Waals surface area contributed by atoms with Crippen molar-refractivity contribution in [3.05, 3.63) is 96.1 Å². The summed E-state index contributed by atoms with van der Waals surface area (Å²) >= 11 is 0. The minimum atomic E-state index is -1.37. The second kappa shape index (κ2) is 36.5. The molecular weight excluding hydrogens is 1050 g/mol. The molecule has 1 fully saturated rings. The molecule has 16 N–H and O–H groups in total. The minimum Gasteiger partial charge on any atom is -0.393 e. The first-order valence-electron chi connectivity index (χ1n) is 29.2. The van der Waals surface area contributed by atoms with Crippen molar-refractivity contribution in [3.8, 4) is 11.1 Å². The molecule has 0 spiro atoms. The molecule has 21 heteroatoms. The van der Waals surface area contributed by atoms with E-state index in [1.165, 1.54) is 0 Å². The number of aliphatic hydroxyl groups is 1. The Balaban J connectivity index is 1.77. The average Bonchev–Trinajstić information content (AvgIpc) is 3.49. The third kappa shape index (κ3) is 23.5. The van der Waals surface area contributed by atoms with Crippen LogP contribution in [0.15, 0.2) is 84.9 Å². The molecule has 0 aromatic heterocycles. The van der Waals surface area contributed by atoms with E-state index < -0.39 is 120 Å². The number of hydrogen-bond donors (Lipinski definition) is 12. The Morgan fingerprint density at radius 2 is 1.11 bits per heavy atom. The van der Waals surface area contributed by atoms with Gasteiger partial charge in [-0.1, -0.05) is 138 Å². The van der Waals surface area contributed by atoms with E-state index in [2.05, 4.69) is 44.1 Å². The molecule has 1 heterocycles. The lowest BCUT2D eigenvalue weighted by Gasteiger charge is -2.28. The molecule has 9 atom stereocenters. The smallest absolute Gasteiger partial charge is 0.243 e. The lowest BCUT2D eigenvalue weighted by atomic mass is 9.92. The molecule has 1 aliphatic heterocycles. The highest BCUT2D eigenvalue weighted by atomic mass is 16.3. The normalized spacial score (nSPS) is 21.9. The largest absolute Gasteiger partial charge is 0.393 e. The van der Waals surface area contributed by atoms with Crippen LogP contribution in [0.1, 0.15) is 122 Å². The van der Waals surface area contributed by atoms with Gasteiger partial charge in [-0.05, 0) is 86.3 Å². The molecule has 21 nitrogen and oxygen atoms in total. The van der Waals surface area contributed by atoms with E-state index in [0.29, 0.717) is 17.5 Å². The number of nitrogens with two attached hydrogens (primary N) is 4. The maximum absolute atomic E-state index is 14.7. The summed E-state index contributed by atoms with van der Waals surface area (Å²) in [5, 5.41) is 30.0. The SMILES string of the molecule is CCCCCCC[C@@H](O)CC(=O)N[C@H](CCN)C(=O)C[C@H]1CCNC(=O)[C@H](Cc2ccccc2)NC(=O)[C@H](CN)CC(=O)[C@H](CCN)NC(=O)[C@H](CC(C)C)NC(=O)[C@@H](Cc2ccc(-c3ccccc3)cc2)NC(=O)[C@H](CCN)NC1=O. The third-order valence-electron chi connectivity index (χ3n) is 14.6. The summed E-state index contributed by atoms with van der Waals surface area (Å²) in [6.45, 7) is 5.10. The Hall–Kier alpha value is -6.91. The number of hydrogen-bond acceptors (Lipinski definition) is 14. The minimum absolute atomic E-state index is 0.00299. The number of amides is 7. The second-order valence-electron chi connectivity index (χ2n) is 21.9. The molecule has 4 rings (SSSR count). The van der Waals surface area contributed by atoms with Gasteiger partial charge >= 0.3 is 0 Å². The molecule has 1 aliphatic rings. The van der Waals surface area contributed by atoms with Gasteiger partial charge in [0.2, 0.25) is 41.4 Å². The van der Waals surface area contributed by atoms with Crippen molar-refractivity contribution in [2.24, 2.45) is 40.7 Å². The maximum Gasteiger partial charge on any atom is 0.243 e. The molecular formula is C61H91N11O10. The molecule has 1 saturated heterocycles. The first-order chi connectivity index (χ1) is 39.4. The van der Waals surface area contributed by atoms with Crippen LogP contribution in [0, 0.1) is 17.8 Å². The summed E-state index contributed by atoms with van der Waals surface area (Å²) in [5.74, 6) is -8.72. The molecule has 0 bridgehead atoms. The van der Waals surface area contributed by atoms with Gasteiger partial charge in [-0.3, -0.25) is 43.2 Å². The van der Waals surface area contributed by atoms with Crippen molar-refractivity contribution >= 4 is 52.9 Å². The van der Waals surface area contributed by atoms with Crippen LogP contribution in [-0.2, 0) is 56.0 Å². The Morgan fingerprint density at radius 3 is 1.73 bits per heavy atom. The van der Waals surface area contributed by atoms with Gasteiger partial charge in [0, 0.05) is 44.7 Å². The zero-order valence-corrected chi connectivity index (χ0v) is 48.1. The zero-order valence-electron chi connectivity index (χ0n) is 48.1. The van der Waals surface area contributed by atoms with Gasteiger partial charge in [-0.25, -0.2) is 0 Å². The lowest BCUT2D eigenvalue weighted by molar-refractivity contribution is -0.136. The number of unbranched alkanes of at least 4 members (excludes halogenated alkanes) is 4. The molecule has 0 radical (unpaired) electrons. The van der Waals surface area contributed by atoms with Crippen LogP contribution in [0.5, 0.6) is 0 Å². The van der Waals surface area contributed by atoms with Gasteiger partial charge < -0.3 is 65.3 Å². The van der Waals surface area contributed by atoms with Gasteiger partial charge in [0.15, 0.2) is 11.6 Å². The molecule has 0 unspecified atom stereocenters. The number of rotatable bonds is 26. The average molecular weight is 1140 g/mol. The molecule has 7 amide bonds. The maximum atomic E-state index is 14.7. The van der Waals surface area contributed by atoms with Crippen molar-refractivity contribution in [2.75, 3.05) is 32.7 Å². The Labute approximate surface area is 483 Å². The van der Waals surface area contributed by atoms with E-state index in [9.17, 15) is 48.3 Å². The van der Waals surface area contributed by atoms with E-state index >= 15 is 0 Å². The fourth-order valence-corrected chi connectivity index (χ4v) is 9.89. The summed E-state index contributed by atoms with van der Waals surface area (Å²) in [7, 11) is 0. The zero-order chi connectivity index (χ0) is 60.0. The molecule has 3 aromatic carbocycles. The van der Waals surface area contributed by atoms with Crippen molar-refractivity contribution < 1.29 is 48.3 Å². The topological polar surface area (TPSA) is 362 Å². The number of aliphatic hydroxyl groups excluding tert-OH is 1. The predicted octanol–water partition coefficient (Wildman–Crippen LogP) is 1.88. The number of carbonyl (C=O) groups excluding carboxylic acids is 9. The van der Waals surface area contributed by atoms with Gasteiger partial charge in [0.1, 0.15) is 24.2 Å². The number of ketones is 2. The van der Waals surface area contributed by atoms with Crippen LogP contribution in [0.4, 0.5) is 0 Å². The van der Waals surface area contributed by atoms with Gasteiger partial charge in [-0.15, -0.1) is 0 Å². The van der Waals surface area contributed by atoms with Crippen LogP contribution >= 0.6 is 0 Å². The van der Waals surface area contributed by atoms with Crippen molar-refractivity contribution in [1.82, 2.24) is 37.2 Å². The standard InChI is InChI=1S/C61H91N11O10/c1-4-5-6-7-14-19-46(73)37-55(76)67-47(24-28-62)53(74)35-44-27-31-66-58(79)51(33-40-15-10-8-11-16-40)70-57(78)45(38-65)36-54(75)48(25-29-63)68-60(81)50(32-39(2)3)71-61(82)52(72-59(80)49(26-30-64)69-56(44)77)34-41-20-22-43(23-21-41)42-17-12-9-13-18-42/h8-13,15-18,20-23,39,44-52,73H,4-7,14,19,24-38,62-65H2,1-3H3,(H,66,79)(H,67,76)(H,68,81)(H,69,77)(H,70,78)(H,71,82)(H,72,80)/t44-,45+,46-,47-,48+,49+,50+,51+,52-/m1/s1. The predicted molar refractivity (Wildman–Crippen MR) is 315 cm³/mol. The molecule has 3 aromatic rings. The van der Waals surface area contributed by atoms with E-state index in [4.69, 9.17) is 22.9 Å². The lowest BCUT2D eigenvalue weighted by Crippen LogP contribution is -2.59. The van der Waals surface area contributed by atoms with Crippen LogP contribution < -0.4 is 60.2 Å². The second-order valence-corrected chi connectivity index (χ2v) is 21.9. The first kappa shape index (κ1) is 67.6. The highest BCUT2D eigenvalue weighted by molar-refractivity contribution is 5.98. The summed E-state index contributed by atoms with van der Waals surface area (Å²) in [6, 6.07) is 18.3. The molecule has 0 saturated carbocycles. The summed E-state index contributed by atoms with van der Waals surface area (Å²) in [4.78, 5) is 128. The van der Waals surface area contributed by atoms with Gasteiger partial charge in [0.25, 0.3) is 0 Å². The fraction of sp³-hybridized carbons (Fsp3) is 0.557. The molecule has 0 aliphatic carbocycles. The Kier molecular flexibility index (Phi) is 30.1. The quantitative estimate of drug-likeness (QED) is 0.0511. The van der Waals surface area contributed by atoms with Crippen LogP contribution in [0.25, 0.3) is 11.1 Å². The number of carbonyl (C=O) groups is 9. The number of benzene rings is 3. The fourth-order valence-electron chi connectivity index (χ4n) is 9.89. The highest BCUT2D eigenvalue weighted by Crippen LogP contribution is 2.21. The number of nitrogens with one attached hydrogen (secondary N) is 7. The van der Waals surface area contributed by atoms with Gasteiger partial charge in [0.05, 0.1) is 30.5 Å². The van der Waals surface area contributed by atoms with Gasteiger partial charge in [-0.2, -0.15) is 0 Å². The highest BCUT2D eigenvalue weighted by Gasteiger charge is 2.36. The summed E-state index contributed by atoms with van der Waals surface area (Å²) in [6.07, 6.45) is 2.78. The van der Waals surface area contributed by atoms with Crippen LogP contribution in [-0.4, -0.2) is 133 Å². The van der Waals surface area contributed by atoms with Crippen molar-refractivity contribution in [3.63, 3.8) is 0 Å². The van der Waals surface area contributed by atoms with E-state index in [0.717, 1.165) is 43.2 Å². The van der Waals surface area contributed by atoms with Crippen molar-refractivity contribution in [2.45, 2.75) is 166 Å². The van der Waals surface area contributed by atoms with Crippen molar-refractivity contribution in [1.29, 1.82) is 0 Å².